The first-order valence-electron chi connectivity index (χ1n) is 9.64. The lowest BCUT2D eigenvalue weighted by Gasteiger charge is -2.26. The van der Waals surface area contributed by atoms with Gasteiger partial charge in [-0.3, -0.25) is 9.78 Å². The summed E-state index contributed by atoms with van der Waals surface area (Å²) < 4.78 is 0. The molecule has 1 aliphatic rings. The van der Waals surface area contributed by atoms with Crippen LogP contribution in [0.2, 0.25) is 5.02 Å². The van der Waals surface area contributed by atoms with Crippen LogP contribution in [0.1, 0.15) is 46.2 Å². The smallest absolute Gasteiger partial charge is 0.254 e. The van der Waals surface area contributed by atoms with E-state index in [0.717, 1.165) is 52.5 Å². The van der Waals surface area contributed by atoms with Crippen molar-refractivity contribution in [3.8, 4) is 11.1 Å². The van der Waals surface area contributed by atoms with E-state index in [2.05, 4.69) is 11.1 Å². The Morgan fingerprint density at radius 2 is 1.79 bits per heavy atom. The average Bonchev–Trinajstić information content (AvgIpc) is 3.17. The minimum absolute atomic E-state index is 0.0458. The Kier molecular flexibility index (Phi) is 5.19. The molecule has 3 nitrogen and oxygen atoms in total. The number of rotatable bonds is 3. The fraction of sp³-hybridized carbons (Fsp3) is 0.250. The summed E-state index contributed by atoms with van der Waals surface area (Å²) in [5, 5.41) is 0.727. The SMILES string of the molecule is Cc1ccc(-c2ccc(C(=O)N3CCC[C@@H]3c3ccccc3Cl)cc2)c(C)n1. The second-order valence-electron chi connectivity index (χ2n) is 7.34. The molecule has 1 saturated heterocycles. The number of carbonyl (C=O) groups is 1. The molecule has 3 aromatic rings. The molecule has 0 N–H and O–H groups in total. The zero-order valence-electron chi connectivity index (χ0n) is 16.2. The Bertz CT molecular complexity index is 1010. The molecular formula is C24H23ClN2O. The van der Waals surface area contributed by atoms with Crippen molar-refractivity contribution in [2.75, 3.05) is 6.54 Å². The van der Waals surface area contributed by atoms with E-state index in [9.17, 15) is 4.79 Å². The third kappa shape index (κ3) is 3.55. The van der Waals surface area contributed by atoms with E-state index in [1.807, 2.05) is 73.3 Å². The average molecular weight is 391 g/mol. The van der Waals surface area contributed by atoms with Crippen LogP contribution in [-0.4, -0.2) is 22.3 Å². The summed E-state index contributed by atoms with van der Waals surface area (Å²) >= 11 is 6.39. The molecule has 0 aliphatic carbocycles. The predicted octanol–water partition coefficient (Wildman–Crippen LogP) is 6.00. The van der Waals surface area contributed by atoms with E-state index in [-0.39, 0.29) is 11.9 Å². The van der Waals surface area contributed by atoms with Crippen LogP contribution in [0.15, 0.2) is 60.7 Å². The van der Waals surface area contributed by atoms with E-state index in [1.165, 1.54) is 0 Å². The van der Waals surface area contributed by atoms with Crippen LogP contribution < -0.4 is 0 Å². The topological polar surface area (TPSA) is 33.2 Å². The van der Waals surface area contributed by atoms with Crippen LogP contribution in [-0.2, 0) is 0 Å². The van der Waals surface area contributed by atoms with Gasteiger partial charge in [0.15, 0.2) is 0 Å². The first-order chi connectivity index (χ1) is 13.5. The molecule has 2 heterocycles. The van der Waals surface area contributed by atoms with Gasteiger partial charge in [0.1, 0.15) is 0 Å². The van der Waals surface area contributed by atoms with Gasteiger partial charge in [0.2, 0.25) is 0 Å². The van der Waals surface area contributed by atoms with Crippen LogP contribution in [0.25, 0.3) is 11.1 Å². The molecule has 0 spiro atoms. The quantitative estimate of drug-likeness (QED) is 0.549. The van der Waals surface area contributed by atoms with Crippen LogP contribution in [0.3, 0.4) is 0 Å². The van der Waals surface area contributed by atoms with Gasteiger partial charge in [-0.2, -0.15) is 0 Å². The third-order valence-electron chi connectivity index (χ3n) is 5.45. The standard InChI is InChI=1S/C24H23ClN2O/c1-16-9-14-20(17(2)26-16)18-10-12-19(13-11-18)24(28)27-15-5-8-23(27)21-6-3-4-7-22(21)25/h3-4,6-7,9-14,23H,5,8,15H2,1-2H3/t23-/m1/s1. The van der Waals surface area contributed by atoms with Crippen LogP contribution in [0.4, 0.5) is 0 Å². The van der Waals surface area contributed by atoms with E-state index in [0.29, 0.717) is 5.56 Å². The van der Waals surface area contributed by atoms with Crippen molar-refractivity contribution in [2.45, 2.75) is 32.7 Å². The van der Waals surface area contributed by atoms with Crippen molar-refractivity contribution in [1.82, 2.24) is 9.88 Å². The summed E-state index contributed by atoms with van der Waals surface area (Å²) in [4.78, 5) is 19.7. The highest BCUT2D eigenvalue weighted by Gasteiger charge is 2.31. The lowest BCUT2D eigenvalue weighted by Crippen LogP contribution is -2.30. The maximum atomic E-state index is 13.2. The summed E-state index contributed by atoms with van der Waals surface area (Å²) in [6.07, 6.45) is 1.94. The molecule has 142 valence electrons. The maximum absolute atomic E-state index is 13.2. The minimum Gasteiger partial charge on any atom is -0.332 e. The first-order valence-corrected chi connectivity index (χ1v) is 10.0. The van der Waals surface area contributed by atoms with Crippen LogP contribution in [0, 0.1) is 13.8 Å². The molecule has 0 radical (unpaired) electrons. The van der Waals surface area contributed by atoms with Gasteiger partial charge in [-0.15, -0.1) is 0 Å². The van der Waals surface area contributed by atoms with Crippen molar-refractivity contribution in [3.63, 3.8) is 0 Å². The summed E-state index contributed by atoms with van der Waals surface area (Å²) in [6.45, 7) is 4.77. The first kappa shape index (κ1) is 18.7. The third-order valence-corrected chi connectivity index (χ3v) is 5.79. The number of pyridine rings is 1. The number of amides is 1. The highest BCUT2D eigenvalue weighted by molar-refractivity contribution is 6.31. The molecule has 4 heteroatoms. The number of aryl methyl sites for hydroxylation is 2. The molecule has 1 atom stereocenters. The van der Waals surface area contributed by atoms with Crippen molar-refractivity contribution >= 4 is 17.5 Å². The second kappa shape index (κ2) is 7.76. The second-order valence-corrected chi connectivity index (χ2v) is 7.75. The summed E-state index contributed by atoms with van der Waals surface area (Å²) in [6, 6.07) is 19.8. The highest BCUT2D eigenvalue weighted by atomic mass is 35.5. The summed E-state index contributed by atoms with van der Waals surface area (Å²) in [5.41, 5.74) is 5.92. The monoisotopic (exact) mass is 390 g/mol. The number of hydrogen-bond donors (Lipinski definition) is 0. The molecule has 2 aromatic carbocycles. The molecule has 4 rings (SSSR count). The number of carbonyl (C=O) groups excluding carboxylic acids is 1. The fourth-order valence-corrected chi connectivity index (χ4v) is 4.29. The van der Waals surface area contributed by atoms with Crippen molar-refractivity contribution in [2.24, 2.45) is 0 Å². The van der Waals surface area contributed by atoms with E-state index in [1.54, 1.807) is 0 Å². The van der Waals surface area contributed by atoms with Crippen molar-refractivity contribution < 1.29 is 4.79 Å². The van der Waals surface area contributed by atoms with Gasteiger partial charge >= 0.3 is 0 Å². The Morgan fingerprint density at radius 1 is 1.04 bits per heavy atom. The van der Waals surface area contributed by atoms with Crippen molar-refractivity contribution in [3.05, 3.63) is 88.2 Å². The molecule has 0 unspecified atom stereocenters. The number of aromatic nitrogens is 1. The maximum Gasteiger partial charge on any atom is 0.254 e. The number of nitrogens with zero attached hydrogens (tertiary/aromatic N) is 2. The van der Waals surface area contributed by atoms with Gasteiger partial charge in [0, 0.05) is 34.1 Å². The van der Waals surface area contributed by atoms with Gasteiger partial charge in [-0.05, 0) is 62.1 Å². The van der Waals surface area contributed by atoms with Gasteiger partial charge in [0.05, 0.1) is 6.04 Å². The Labute approximate surface area is 171 Å². The number of hydrogen-bond acceptors (Lipinski definition) is 2. The van der Waals surface area contributed by atoms with E-state index < -0.39 is 0 Å². The summed E-state index contributed by atoms with van der Waals surface area (Å²) in [5.74, 6) is 0.0627. The Balaban J connectivity index is 1.59. The van der Waals surface area contributed by atoms with E-state index in [4.69, 9.17) is 11.6 Å². The highest BCUT2D eigenvalue weighted by Crippen LogP contribution is 2.36. The largest absolute Gasteiger partial charge is 0.332 e. The summed E-state index contributed by atoms with van der Waals surface area (Å²) in [7, 11) is 0. The number of halogens is 1. The lowest BCUT2D eigenvalue weighted by atomic mass is 10.0. The fourth-order valence-electron chi connectivity index (χ4n) is 4.03. The van der Waals surface area contributed by atoms with Gasteiger partial charge < -0.3 is 4.90 Å². The van der Waals surface area contributed by atoms with Crippen LogP contribution >= 0.6 is 11.6 Å². The minimum atomic E-state index is 0.0458. The van der Waals surface area contributed by atoms with Gasteiger partial charge in [-0.1, -0.05) is 48.0 Å². The molecule has 0 bridgehead atoms. The van der Waals surface area contributed by atoms with Crippen molar-refractivity contribution in [1.29, 1.82) is 0 Å². The Morgan fingerprint density at radius 3 is 2.50 bits per heavy atom. The molecule has 1 aromatic heterocycles. The molecule has 1 amide bonds. The molecule has 28 heavy (non-hydrogen) atoms. The zero-order chi connectivity index (χ0) is 19.7. The molecule has 1 fully saturated rings. The number of benzene rings is 2. The van der Waals surface area contributed by atoms with E-state index >= 15 is 0 Å². The molecular weight excluding hydrogens is 368 g/mol. The molecule has 0 saturated carbocycles. The van der Waals surface area contributed by atoms with Gasteiger partial charge in [-0.25, -0.2) is 0 Å². The predicted molar refractivity (Wildman–Crippen MR) is 114 cm³/mol. The van der Waals surface area contributed by atoms with Gasteiger partial charge in [0.25, 0.3) is 5.91 Å². The van der Waals surface area contributed by atoms with Crippen LogP contribution in [0.5, 0.6) is 0 Å². The zero-order valence-corrected chi connectivity index (χ0v) is 16.9. The Hall–Kier alpha value is -2.65. The number of likely N-dealkylation sites (tertiary alicyclic amines) is 1. The molecule has 1 aliphatic heterocycles. The normalized spacial score (nSPS) is 16.4. The lowest BCUT2D eigenvalue weighted by molar-refractivity contribution is 0.0736.